The van der Waals surface area contributed by atoms with Crippen LogP contribution in [0.5, 0.6) is 0 Å². The van der Waals surface area contributed by atoms with Crippen molar-refractivity contribution in [3.8, 4) is 0 Å². The fourth-order valence-corrected chi connectivity index (χ4v) is 0.802. The molecular weight excluding hydrogens is 188 g/mol. The van der Waals surface area contributed by atoms with Gasteiger partial charge in [0.25, 0.3) is 0 Å². The van der Waals surface area contributed by atoms with Gasteiger partial charge < -0.3 is 4.74 Å². The lowest BCUT2D eigenvalue weighted by Gasteiger charge is -2.05. The third kappa shape index (κ3) is 19.6. The van der Waals surface area contributed by atoms with Crippen molar-refractivity contribution in [3.05, 3.63) is 12.7 Å². The summed E-state index contributed by atoms with van der Waals surface area (Å²) in [5, 5.41) is 0. The van der Waals surface area contributed by atoms with Gasteiger partial charge in [0, 0.05) is 6.42 Å². The molecular formula is C13H26O2. The molecule has 90 valence electrons. The molecule has 0 amide bonds. The highest BCUT2D eigenvalue weighted by Crippen LogP contribution is 2.01. The summed E-state index contributed by atoms with van der Waals surface area (Å²) >= 11 is 0. The summed E-state index contributed by atoms with van der Waals surface area (Å²) < 4.78 is 5.02. The van der Waals surface area contributed by atoms with Crippen molar-refractivity contribution in [2.24, 2.45) is 5.92 Å². The van der Waals surface area contributed by atoms with E-state index in [-0.39, 0.29) is 5.97 Å². The topological polar surface area (TPSA) is 26.3 Å². The average Bonchev–Trinajstić information content (AvgIpc) is 2.15. The summed E-state index contributed by atoms with van der Waals surface area (Å²) in [6.07, 6.45) is 5.30. The van der Waals surface area contributed by atoms with Gasteiger partial charge in [-0.15, -0.1) is 6.58 Å². The smallest absolute Gasteiger partial charge is 0.305 e. The van der Waals surface area contributed by atoms with Crippen LogP contribution in [-0.4, -0.2) is 12.6 Å². The van der Waals surface area contributed by atoms with Crippen LogP contribution in [0.4, 0.5) is 0 Å². The Balaban J connectivity index is 0. The van der Waals surface area contributed by atoms with Gasteiger partial charge in [-0.2, -0.15) is 0 Å². The number of unbranched alkanes of at least 4 members (excludes halogenated alkanes) is 1. The van der Waals surface area contributed by atoms with Crippen LogP contribution in [-0.2, 0) is 9.53 Å². The summed E-state index contributed by atoms with van der Waals surface area (Å²) in [6.45, 7) is 12.2. The number of esters is 1. The summed E-state index contributed by atoms with van der Waals surface area (Å²) in [7, 11) is 0. The number of allylic oxidation sites excluding steroid dienone is 1. The minimum absolute atomic E-state index is 0.0440. The highest BCUT2D eigenvalue weighted by molar-refractivity contribution is 5.69. The average molecular weight is 214 g/mol. The normalized spacial score (nSPS) is 9.13. The van der Waals surface area contributed by atoms with Crippen molar-refractivity contribution in [3.63, 3.8) is 0 Å². The maximum atomic E-state index is 11.0. The Labute approximate surface area is 94.7 Å². The Bertz CT molecular complexity index is 151. The molecule has 0 rings (SSSR count). The van der Waals surface area contributed by atoms with Gasteiger partial charge in [0.15, 0.2) is 0 Å². The van der Waals surface area contributed by atoms with E-state index in [1.165, 1.54) is 0 Å². The number of ether oxygens (including phenoxy) is 1. The molecule has 2 nitrogen and oxygen atoms in total. The minimum atomic E-state index is -0.0440. The van der Waals surface area contributed by atoms with E-state index >= 15 is 0 Å². The van der Waals surface area contributed by atoms with E-state index in [4.69, 9.17) is 4.74 Å². The first-order chi connectivity index (χ1) is 7.08. The standard InChI is InChI=1S/C10H20O2.C3H6/c1-4-5-6-10(11)12-8-7-9(2)3;1-3-2/h9H,4-8H2,1-3H3;3H,1H2,2H3. The van der Waals surface area contributed by atoms with Crippen molar-refractivity contribution >= 4 is 5.97 Å². The Morgan fingerprint density at radius 2 is 2.00 bits per heavy atom. The molecule has 0 aromatic carbocycles. The molecule has 0 aromatic heterocycles. The van der Waals surface area contributed by atoms with E-state index in [0.717, 1.165) is 19.3 Å². The summed E-state index contributed by atoms with van der Waals surface area (Å²) in [6, 6.07) is 0. The summed E-state index contributed by atoms with van der Waals surface area (Å²) in [4.78, 5) is 11.0. The van der Waals surface area contributed by atoms with Gasteiger partial charge in [-0.25, -0.2) is 0 Å². The lowest BCUT2D eigenvalue weighted by molar-refractivity contribution is -0.144. The molecule has 0 spiro atoms. The molecule has 0 bridgehead atoms. The molecule has 0 aliphatic heterocycles. The minimum Gasteiger partial charge on any atom is -0.466 e. The van der Waals surface area contributed by atoms with Gasteiger partial charge in [0.1, 0.15) is 0 Å². The van der Waals surface area contributed by atoms with Crippen LogP contribution >= 0.6 is 0 Å². The van der Waals surface area contributed by atoms with Crippen LogP contribution in [0.2, 0.25) is 0 Å². The van der Waals surface area contributed by atoms with E-state index in [0.29, 0.717) is 18.9 Å². The second-order valence-corrected chi connectivity index (χ2v) is 3.91. The molecule has 0 saturated carbocycles. The highest BCUT2D eigenvalue weighted by atomic mass is 16.5. The van der Waals surface area contributed by atoms with Gasteiger partial charge in [0.2, 0.25) is 0 Å². The van der Waals surface area contributed by atoms with Crippen LogP contribution in [0.15, 0.2) is 12.7 Å². The van der Waals surface area contributed by atoms with E-state index in [1.54, 1.807) is 6.08 Å². The molecule has 0 N–H and O–H groups in total. The maximum Gasteiger partial charge on any atom is 0.305 e. The number of carbonyl (C=O) groups excluding carboxylic acids is 1. The second-order valence-electron chi connectivity index (χ2n) is 3.91. The van der Waals surface area contributed by atoms with Crippen LogP contribution < -0.4 is 0 Å². The first-order valence-corrected chi connectivity index (χ1v) is 5.81. The van der Waals surface area contributed by atoms with Gasteiger partial charge in [-0.05, 0) is 25.7 Å². The van der Waals surface area contributed by atoms with E-state index in [1.807, 2.05) is 6.92 Å². The largest absolute Gasteiger partial charge is 0.466 e. The summed E-state index contributed by atoms with van der Waals surface area (Å²) in [5.41, 5.74) is 0. The number of hydrogen-bond acceptors (Lipinski definition) is 2. The molecule has 0 aliphatic carbocycles. The predicted molar refractivity (Wildman–Crippen MR) is 65.8 cm³/mol. The van der Waals surface area contributed by atoms with Gasteiger partial charge in [-0.1, -0.05) is 33.3 Å². The SMILES string of the molecule is C=CC.CCCCC(=O)OCCC(C)C. The fraction of sp³-hybridized carbons (Fsp3) is 0.769. The first-order valence-electron chi connectivity index (χ1n) is 5.81. The van der Waals surface area contributed by atoms with E-state index in [9.17, 15) is 4.79 Å². The van der Waals surface area contributed by atoms with Crippen molar-refractivity contribution in [1.82, 2.24) is 0 Å². The Hall–Kier alpha value is -0.790. The predicted octanol–water partition coefficient (Wildman–Crippen LogP) is 3.96. The lowest BCUT2D eigenvalue weighted by atomic mass is 10.1. The van der Waals surface area contributed by atoms with Crippen molar-refractivity contribution in [2.45, 2.75) is 53.4 Å². The molecule has 15 heavy (non-hydrogen) atoms. The third-order valence-corrected chi connectivity index (χ3v) is 1.69. The van der Waals surface area contributed by atoms with Gasteiger partial charge in [-0.3, -0.25) is 4.79 Å². The quantitative estimate of drug-likeness (QED) is 0.494. The number of hydrogen-bond donors (Lipinski definition) is 0. The van der Waals surface area contributed by atoms with E-state index < -0.39 is 0 Å². The molecule has 2 heteroatoms. The zero-order chi connectivity index (χ0) is 12.1. The van der Waals surface area contributed by atoms with Crippen molar-refractivity contribution in [2.75, 3.05) is 6.61 Å². The lowest BCUT2D eigenvalue weighted by Crippen LogP contribution is -2.07. The maximum absolute atomic E-state index is 11.0. The highest BCUT2D eigenvalue weighted by Gasteiger charge is 2.01. The fourth-order valence-electron chi connectivity index (χ4n) is 0.802. The summed E-state index contributed by atoms with van der Waals surface area (Å²) in [5.74, 6) is 0.571. The first kappa shape index (κ1) is 16.6. The molecule has 0 aliphatic rings. The Kier molecular flexibility index (Phi) is 14.6. The van der Waals surface area contributed by atoms with Crippen LogP contribution in [0, 0.1) is 5.92 Å². The molecule has 0 heterocycles. The van der Waals surface area contributed by atoms with Gasteiger partial charge in [0.05, 0.1) is 6.61 Å². The van der Waals surface area contributed by atoms with Crippen LogP contribution in [0.25, 0.3) is 0 Å². The van der Waals surface area contributed by atoms with Crippen molar-refractivity contribution in [1.29, 1.82) is 0 Å². The molecule has 0 unspecified atom stereocenters. The molecule has 0 fully saturated rings. The monoisotopic (exact) mass is 214 g/mol. The van der Waals surface area contributed by atoms with Gasteiger partial charge >= 0.3 is 5.97 Å². The molecule has 0 aromatic rings. The van der Waals surface area contributed by atoms with Crippen LogP contribution in [0.1, 0.15) is 53.4 Å². The Morgan fingerprint density at radius 3 is 2.40 bits per heavy atom. The second kappa shape index (κ2) is 13.2. The number of carbonyl (C=O) groups is 1. The van der Waals surface area contributed by atoms with Crippen molar-refractivity contribution < 1.29 is 9.53 Å². The van der Waals surface area contributed by atoms with Crippen LogP contribution in [0.3, 0.4) is 0 Å². The zero-order valence-corrected chi connectivity index (χ0v) is 10.7. The van der Waals surface area contributed by atoms with E-state index in [2.05, 4.69) is 27.4 Å². The molecule has 0 saturated heterocycles. The molecule has 0 radical (unpaired) electrons. The third-order valence-electron chi connectivity index (χ3n) is 1.69. The number of rotatable bonds is 6. The molecule has 0 atom stereocenters. The zero-order valence-electron chi connectivity index (χ0n) is 10.7. The Morgan fingerprint density at radius 1 is 1.47 bits per heavy atom.